The standard InChI is InChI=1S/C16H23O4/c1-3-5-11-18-12-13-19-20-16(17)15-9-7-14(6-4-2)8-10-15/h7-10,13H,3-6,11-12H2,1-2H3. The van der Waals surface area contributed by atoms with Gasteiger partial charge in [-0.05, 0) is 30.5 Å². The van der Waals surface area contributed by atoms with E-state index in [1.165, 1.54) is 12.2 Å². The SMILES string of the molecule is CCCCOC[CH]OOC(=O)c1ccc(CCC)cc1. The van der Waals surface area contributed by atoms with E-state index in [1.54, 1.807) is 12.1 Å². The molecule has 0 amide bonds. The summed E-state index contributed by atoms with van der Waals surface area (Å²) in [6.45, 7) is 6.54. The molecule has 0 bridgehead atoms. The Hall–Kier alpha value is -1.39. The van der Waals surface area contributed by atoms with Crippen LogP contribution >= 0.6 is 0 Å². The molecule has 4 heteroatoms. The number of carbonyl (C=O) groups is 1. The molecule has 0 spiro atoms. The van der Waals surface area contributed by atoms with Gasteiger partial charge in [-0.25, -0.2) is 4.79 Å². The fraction of sp³-hybridized carbons (Fsp3) is 0.500. The van der Waals surface area contributed by atoms with Gasteiger partial charge in [-0.3, -0.25) is 4.89 Å². The Balaban J connectivity index is 2.18. The van der Waals surface area contributed by atoms with Gasteiger partial charge in [-0.2, -0.15) is 4.89 Å². The summed E-state index contributed by atoms with van der Waals surface area (Å²) in [6.07, 6.45) is 4.19. The second kappa shape index (κ2) is 10.4. The minimum atomic E-state index is -0.502. The number of hydrogen-bond donors (Lipinski definition) is 0. The van der Waals surface area contributed by atoms with Crippen LogP contribution in [-0.2, 0) is 20.9 Å². The van der Waals surface area contributed by atoms with E-state index in [1.807, 2.05) is 12.1 Å². The van der Waals surface area contributed by atoms with E-state index in [2.05, 4.69) is 18.7 Å². The third-order valence-electron chi connectivity index (χ3n) is 2.75. The van der Waals surface area contributed by atoms with Crippen molar-refractivity contribution in [2.24, 2.45) is 0 Å². The first-order chi connectivity index (χ1) is 9.77. The maximum Gasteiger partial charge on any atom is 0.373 e. The first kappa shape index (κ1) is 16.7. The molecule has 0 atom stereocenters. The average Bonchev–Trinajstić information content (AvgIpc) is 2.47. The van der Waals surface area contributed by atoms with Crippen molar-refractivity contribution < 1.29 is 19.3 Å². The summed E-state index contributed by atoms with van der Waals surface area (Å²) in [6, 6.07) is 7.35. The molecule has 0 aliphatic rings. The Bertz CT molecular complexity index is 373. The first-order valence-electron chi connectivity index (χ1n) is 7.14. The molecule has 0 aliphatic carbocycles. The summed E-state index contributed by atoms with van der Waals surface area (Å²) < 4.78 is 5.23. The van der Waals surface area contributed by atoms with Crippen LogP contribution in [0, 0.1) is 6.61 Å². The third-order valence-corrected chi connectivity index (χ3v) is 2.75. The van der Waals surface area contributed by atoms with E-state index >= 15 is 0 Å². The van der Waals surface area contributed by atoms with Gasteiger partial charge in [0.25, 0.3) is 0 Å². The summed E-state index contributed by atoms with van der Waals surface area (Å²) in [4.78, 5) is 21.0. The van der Waals surface area contributed by atoms with Crippen LogP contribution in [0.1, 0.15) is 49.0 Å². The van der Waals surface area contributed by atoms with Gasteiger partial charge in [0.05, 0.1) is 12.2 Å². The molecule has 1 aromatic carbocycles. The Morgan fingerprint density at radius 2 is 1.90 bits per heavy atom. The predicted molar refractivity (Wildman–Crippen MR) is 77.0 cm³/mol. The Kier molecular flexibility index (Phi) is 8.67. The molecular formula is C16H23O4. The number of carbonyl (C=O) groups excluding carboxylic acids is 1. The number of hydrogen-bond acceptors (Lipinski definition) is 4. The summed E-state index contributed by atoms with van der Waals surface area (Å²) in [7, 11) is 0. The zero-order chi connectivity index (χ0) is 14.6. The largest absolute Gasteiger partial charge is 0.378 e. The molecule has 0 aromatic heterocycles. The topological polar surface area (TPSA) is 44.8 Å². The maximum absolute atomic E-state index is 11.6. The van der Waals surface area contributed by atoms with Crippen molar-refractivity contribution in [3.63, 3.8) is 0 Å². The molecule has 0 heterocycles. The lowest BCUT2D eigenvalue weighted by molar-refractivity contribution is -0.218. The van der Waals surface area contributed by atoms with Crippen molar-refractivity contribution in [1.82, 2.24) is 0 Å². The maximum atomic E-state index is 11.6. The number of aryl methyl sites for hydroxylation is 1. The van der Waals surface area contributed by atoms with Crippen LogP contribution in [0.25, 0.3) is 0 Å². The van der Waals surface area contributed by atoms with Crippen LogP contribution in [0.5, 0.6) is 0 Å². The third kappa shape index (κ3) is 6.68. The van der Waals surface area contributed by atoms with Crippen LogP contribution in [0.2, 0.25) is 0 Å². The van der Waals surface area contributed by atoms with Crippen molar-refractivity contribution in [1.29, 1.82) is 0 Å². The van der Waals surface area contributed by atoms with Crippen molar-refractivity contribution in [3.8, 4) is 0 Å². The number of rotatable bonds is 10. The van der Waals surface area contributed by atoms with Crippen LogP contribution < -0.4 is 0 Å². The van der Waals surface area contributed by atoms with Crippen LogP contribution in [0.4, 0.5) is 0 Å². The molecular weight excluding hydrogens is 256 g/mol. The average molecular weight is 279 g/mol. The summed E-state index contributed by atoms with van der Waals surface area (Å²) in [5.74, 6) is -0.502. The van der Waals surface area contributed by atoms with E-state index in [0.29, 0.717) is 18.8 Å². The summed E-state index contributed by atoms with van der Waals surface area (Å²) in [5, 5.41) is 0. The Morgan fingerprint density at radius 1 is 1.15 bits per heavy atom. The summed E-state index contributed by atoms with van der Waals surface area (Å²) in [5.41, 5.74) is 1.69. The van der Waals surface area contributed by atoms with Gasteiger partial charge in [0.15, 0.2) is 6.61 Å². The molecule has 0 saturated heterocycles. The highest BCUT2D eigenvalue weighted by atomic mass is 17.2. The molecule has 1 rings (SSSR count). The van der Waals surface area contributed by atoms with Crippen molar-refractivity contribution >= 4 is 5.97 Å². The van der Waals surface area contributed by atoms with Gasteiger partial charge in [-0.1, -0.05) is 38.8 Å². The molecule has 0 saturated carbocycles. The highest BCUT2D eigenvalue weighted by Gasteiger charge is 2.08. The predicted octanol–water partition coefficient (Wildman–Crippen LogP) is 3.71. The molecule has 0 unspecified atom stereocenters. The molecule has 1 aromatic rings. The van der Waals surface area contributed by atoms with Gasteiger partial charge in [0, 0.05) is 6.61 Å². The monoisotopic (exact) mass is 279 g/mol. The summed E-state index contributed by atoms with van der Waals surface area (Å²) >= 11 is 0. The molecule has 1 radical (unpaired) electrons. The number of benzene rings is 1. The van der Waals surface area contributed by atoms with Gasteiger partial charge in [0.2, 0.25) is 0 Å². The van der Waals surface area contributed by atoms with E-state index in [0.717, 1.165) is 25.7 Å². The molecule has 20 heavy (non-hydrogen) atoms. The molecule has 111 valence electrons. The molecule has 4 nitrogen and oxygen atoms in total. The van der Waals surface area contributed by atoms with E-state index in [4.69, 9.17) is 9.62 Å². The molecule has 0 fully saturated rings. The molecule has 0 aliphatic heterocycles. The van der Waals surface area contributed by atoms with Gasteiger partial charge >= 0.3 is 5.97 Å². The molecule has 0 N–H and O–H groups in total. The van der Waals surface area contributed by atoms with Crippen molar-refractivity contribution in [2.45, 2.75) is 39.5 Å². The Labute approximate surface area is 121 Å². The lowest BCUT2D eigenvalue weighted by Crippen LogP contribution is -2.07. The van der Waals surface area contributed by atoms with Gasteiger partial charge in [-0.15, -0.1) is 0 Å². The van der Waals surface area contributed by atoms with Crippen molar-refractivity contribution in [2.75, 3.05) is 13.2 Å². The van der Waals surface area contributed by atoms with E-state index in [9.17, 15) is 4.79 Å². The van der Waals surface area contributed by atoms with Gasteiger partial charge in [0.1, 0.15) is 0 Å². The smallest absolute Gasteiger partial charge is 0.373 e. The second-order valence-electron chi connectivity index (χ2n) is 4.51. The van der Waals surface area contributed by atoms with Crippen molar-refractivity contribution in [3.05, 3.63) is 42.0 Å². The van der Waals surface area contributed by atoms with Crippen LogP contribution in [-0.4, -0.2) is 19.2 Å². The van der Waals surface area contributed by atoms with E-state index < -0.39 is 5.97 Å². The minimum absolute atomic E-state index is 0.308. The highest BCUT2D eigenvalue weighted by molar-refractivity contribution is 5.88. The second-order valence-corrected chi connectivity index (χ2v) is 4.51. The first-order valence-corrected chi connectivity index (χ1v) is 7.14. The lowest BCUT2D eigenvalue weighted by Gasteiger charge is -2.05. The van der Waals surface area contributed by atoms with Crippen LogP contribution in [0.3, 0.4) is 0 Å². The highest BCUT2D eigenvalue weighted by Crippen LogP contribution is 2.08. The normalized spacial score (nSPS) is 10.5. The quantitative estimate of drug-likeness (QED) is 0.372. The zero-order valence-electron chi connectivity index (χ0n) is 12.3. The minimum Gasteiger partial charge on any atom is -0.378 e. The number of unbranched alkanes of at least 4 members (excludes halogenated alkanes) is 1. The van der Waals surface area contributed by atoms with Gasteiger partial charge < -0.3 is 4.74 Å². The Morgan fingerprint density at radius 3 is 2.55 bits per heavy atom. The lowest BCUT2D eigenvalue weighted by atomic mass is 10.1. The van der Waals surface area contributed by atoms with E-state index in [-0.39, 0.29) is 0 Å². The fourth-order valence-corrected chi connectivity index (χ4v) is 1.63. The van der Waals surface area contributed by atoms with Crippen LogP contribution in [0.15, 0.2) is 24.3 Å². The number of ether oxygens (including phenoxy) is 1. The zero-order valence-corrected chi connectivity index (χ0v) is 12.3. The fourth-order valence-electron chi connectivity index (χ4n) is 1.63.